The van der Waals surface area contributed by atoms with Crippen molar-refractivity contribution in [1.29, 1.82) is 0 Å². The van der Waals surface area contributed by atoms with Crippen LogP contribution in [0.4, 0.5) is 0 Å². The summed E-state index contributed by atoms with van der Waals surface area (Å²) in [6.45, 7) is 3.32. The molecule has 0 aromatic rings. The molecule has 6 heteroatoms. The van der Waals surface area contributed by atoms with E-state index < -0.39 is 0 Å². The van der Waals surface area contributed by atoms with Gasteiger partial charge in [-0.3, -0.25) is 4.79 Å². The molecule has 0 saturated carbocycles. The van der Waals surface area contributed by atoms with E-state index in [1.54, 1.807) is 0 Å². The van der Waals surface area contributed by atoms with Gasteiger partial charge in [-0.05, 0) is 25.7 Å². The molecule has 2 atom stereocenters. The van der Waals surface area contributed by atoms with E-state index in [0.29, 0.717) is 19.8 Å². The van der Waals surface area contributed by atoms with E-state index in [-0.39, 0.29) is 18.4 Å². The maximum Gasteiger partial charge on any atom is 0.306 e. The van der Waals surface area contributed by atoms with Crippen molar-refractivity contribution in [3.8, 4) is 0 Å². The topological polar surface area (TPSA) is 63.2 Å². The zero-order valence-electron chi connectivity index (χ0n) is 11.2. The smallest absolute Gasteiger partial charge is 0.306 e. The Kier molecular flexibility index (Phi) is 6.56. The van der Waals surface area contributed by atoms with Crippen LogP contribution in [0.5, 0.6) is 0 Å². The van der Waals surface area contributed by atoms with Gasteiger partial charge in [0, 0.05) is 13.0 Å². The molecule has 0 amide bonds. The standard InChI is InChI=1S/C10H16O4.C3H6O2/c11-9-5-4-8(14-9)7-13-10-3-1-2-6-12-10;1-2-5-3-4-1/h8,10H,1-7H2;1-3H2/t8-,10?;/m0./s1. The van der Waals surface area contributed by atoms with Crippen molar-refractivity contribution >= 4 is 5.97 Å². The van der Waals surface area contributed by atoms with Crippen LogP contribution in [-0.4, -0.2) is 51.6 Å². The molecule has 0 aliphatic carbocycles. The van der Waals surface area contributed by atoms with Crippen molar-refractivity contribution in [2.75, 3.05) is 33.2 Å². The molecule has 19 heavy (non-hydrogen) atoms. The molecule has 0 bridgehead atoms. The average molecular weight is 274 g/mol. The number of carbonyl (C=O) groups excluding carboxylic acids is 1. The van der Waals surface area contributed by atoms with Gasteiger partial charge in [-0.15, -0.1) is 0 Å². The first-order valence-electron chi connectivity index (χ1n) is 6.93. The highest BCUT2D eigenvalue weighted by Crippen LogP contribution is 2.18. The highest BCUT2D eigenvalue weighted by atomic mass is 16.7. The minimum atomic E-state index is -0.108. The fourth-order valence-corrected chi connectivity index (χ4v) is 2.05. The van der Waals surface area contributed by atoms with Gasteiger partial charge in [-0.25, -0.2) is 0 Å². The summed E-state index contributed by atoms with van der Waals surface area (Å²) in [5.74, 6) is -0.108. The average Bonchev–Trinajstić information content (AvgIpc) is 3.12. The first-order chi connectivity index (χ1) is 9.34. The summed E-state index contributed by atoms with van der Waals surface area (Å²) in [4.78, 5) is 10.8. The minimum absolute atomic E-state index is 0.0481. The van der Waals surface area contributed by atoms with Crippen LogP contribution in [0.2, 0.25) is 0 Å². The summed E-state index contributed by atoms with van der Waals surface area (Å²) in [6, 6.07) is 0. The number of carbonyl (C=O) groups is 1. The number of cyclic esters (lactones) is 1. The fourth-order valence-electron chi connectivity index (χ4n) is 2.05. The lowest BCUT2D eigenvalue weighted by Gasteiger charge is -2.23. The molecule has 0 spiro atoms. The van der Waals surface area contributed by atoms with Crippen molar-refractivity contribution < 1.29 is 28.5 Å². The predicted molar refractivity (Wildman–Crippen MR) is 65.4 cm³/mol. The number of hydrogen-bond acceptors (Lipinski definition) is 6. The lowest BCUT2D eigenvalue weighted by atomic mass is 10.2. The van der Waals surface area contributed by atoms with E-state index in [1.807, 2.05) is 0 Å². The number of esters is 1. The molecule has 0 N–H and O–H groups in total. The summed E-state index contributed by atoms with van der Waals surface area (Å²) < 4.78 is 25.4. The Morgan fingerprint density at radius 3 is 2.47 bits per heavy atom. The Bertz CT molecular complexity index is 252. The predicted octanol–water partition coefficient (Wildman–Crippen LogP) is 1.23. The number of hydrogen-bond donors (Lipinski definition) is 0. The second-order valence-electron chi connectivity index (χ2n) is 4.71. The molecule has 3 heterocycles. The van der Waals surface area contributed by atoms with Gasteiger partial charge in [-0.2, -0.15) is 0 Å². The zero-order chi connectivity index (χ0) is 13.3. The molecule has 3 aliphatic heterocycles. The fraction of sp³-hybridized carbons (Fsp3) is 0.923. The molecule has 1 unspecified atom stereocenters. The van der Waals surface area contributed by atoms with Crippen molar-refractivity contribution in [2.24, 2.45) is 0 Å². The van der Waals surface area contributed by atoms with Crippen LogP contribution in [0.3, 0.4) is 0 Å². The van der Waals surface area contributed by atoms with Crippen LogP contribution < -0.4 is 0 Å². The molecule has 110 valence electrons. The van der Waals surface area contributed by atoms with Crippen LogP contribution in [0, 0.1) is 0 Å². The Labute approximate surface area is 113 Å². The summed E-state index contributed by atoms with van der Waals surface area (Å²) >= 11 is 0. The summed E-state index contributed by atoms with van der Waals surface area (Å²) in [5, 5.41) is 0. The normalized spacial score (nSPS) is 30.6. The van der Waals surface area contributed by atoms with E-state index in [4.69, 9.17) is 23.7 Å². The third-order valence-electron chi connectivity index (χ3n) is 3.11. The first-order valence-corrected chi connectivity index (χ1v) is 6.93. The highest BCUT2D eigenvalue weighted by molar-refractivity contribution is 5.71. The van der Waals surface area contributed by atoms with Crippen LogP contribution in [0.15, 0.2) is 0 Å². The molecule has 0 aromatic carbocycles. The van der Waals surface area contributed by atoms with Gasteiger partial charge < -0.3 is 23.7 Å². The van der Waals surface area contributed by atoms with Gasteiger partial charge in [-0.1, -0.05) is 0 Å². The summed E-state index contributed by atoms with van der Waals surface area (Å²) in [7, 11) is 0. The maximum atomic E-state index is 10.8. The molecule has 3 rings (SSSR count). The minimum Gasteiger partial charge on any atom is -0.460 e. The van der Waals surface area contributed by atoms with Crippen molar-refractivity contribution in [3.05, 3.63) is 0 Å². The van der Waals surface area contributed by atoms with Gasteiger partial charge in [0.05, 0.1) is 19.8 Å². The third-order valence-corrected chi connectivity index (χ3v) is 3.11. The van der Waals surface area contributed by atoms with Crippen molar-refractivity contribution in [3.63, 3.8) is 0 Å². The van der Waals surface area contributed by atoms with E-state index in [2.05, 4.69) is 0 Å². The molecule has 0 radical (unpaired) electrons. The molecule has 6 nitrogen and oxygen atoms in total. The lowest BCUT2D eigenvalue weighted by molar-refractivity contribution is -0.179. The Morgan fingerprint density at radius 1 is 1.11 bits per heavy atom. The zero-order valence-corrected chi connectivity index (χ0v) is 11.2. The Morgan fingerprint density at radius 2 is 1.95 bits per heavy atom. The van der Waals surface area contributed by atoms with Gasteiger partial charge in [0.1, 0.15) is 12.9 Å². The Balaban J connectivity index is 0.000000224. The monoisotopic (exact) mass is 274 g/mol. The van der Waals surface area contributed by atoms with Crippen LogP contribution in [0.25, 0.3) is 0 Å². The molecule has 3 aliphatic rings. The molecule has 3 saturated heterocycles. The van der Waals surface area contributed by atoms with E-state index in [0.717, 1.165) is 45.5 Å². The molecule has 0 aromatic heterocycles. The third kappa shape index (κ3) is 5.86. The summed E-state index contributed by atoms with van der Waals surface area (Å²) in [6.07, 6.45) is 4.43. The number of ether oxygens (including phenoxy) is 5. The van der Waals surface area contributed by atoms with E-state index in [1.165, 1.54) is 0 Å². The van der Waals surface area contributed by atoms with Gasteiger partial charge in [0.2, 0.25) is 0 Å². The number of rotatable bonds is 3. The molecular formula is C13H22O6. The highest BCUT2D eigenvalue weighted by Gasteiger charge is 2.25. The quantitative estimate of drug-likeness (QED) is 0.721. The maximum absolute atomic E-state index is 10.8. The van der Waals surface area contributed by atoms with Crippen molar-refractivity contribution in [1.82, 2.24) is 0 Å². The Hall–Kier alpha value is -0.690. The van der Waals surface area contributed by atoms with E-state index in [9.17, 15) is 4.79 Å². The molecular weight excluding hydrogens is 252 g/mol. The second kappa shape index (κ2) is 8.47. The first kappa shape index (κ1) is 14.7. The lowest BCUT2D eigenvalue weighted by Crippen LogP contribution is -2.26. The van der Waals surface area contributed by atoms with E-state index >= 15 is 0 Å². The van der Waals surface area contributed by atoms with Gasteiger partial charge in [0.25, 0.3) is 0 Å². The summed E-state index contributed by atoms with van der Waals surface area (Å²) in [5.41, 5.74) is 0. The molecule has 3 fully saturated rings. The van der Waals surface area contributed by atoms with Crippen LogP contribution in [0.1, 0.15) is 32.1 Å². The van der Waals surface area contributed by atoms with Crippen LogP contribution in [-0.2, 0) is 28.5 Å². The SMILES string of the molecule is C1COCO1.O=C1CC[C@@H](COC2CCCCO2)O1. The largest absolute Gasteiger partial charge is 0.460 e. The van der Waals surface area contributed by atoms with Crippen molar-refractivity contribution in [2.45, 2.75) is 44.5 Å². The van der Waals surface area contributed by atoms with Gasteiger partial charge in [0.15, 0.2) is 6.29 Å². The second-order valence-corrected chi connectivity index (χ2v) is 4.71. The van der Waals surface area contributed by atoms with Gasteiger partial charge >= 0.3 is 5.97 Å². The van der Waals surface area contributed by atoms with Crippen LogP contribution >= 0.6 is 0 Å².